The number of halogens is 3. The van der Waals surface area contributed by atoms with Gasteiger partial charge in [0.25, 0.3) is 6.08 Å². The molecule has 0 aliphatic heterocycles. The Labute approximate surface area is 162 Å². The number of nitrogens with zero attached hydrogens (tertiary/aromatic N) is 3. The fourth-order valence-corrected chi connectivity index (χ4v) is 3.16. The van der Waals surface area contributed by atoms with Gasteiger partial charge in [-0.2, -0.15) is 8.78 Å². The topological polar surface area (TPSA) is 77.8 Å². The van der Waals surface area contributed by atoms with E-state index in [2.05, 4.69) is 35.9 Å². The molecule has 8 heteroatoms. The first-order valence-electron chi connectivity index (χ1n) is 8.17. The second kappa shape index (κ2) is 8.77. The van der Waals surface area contributed by atoms with Crippen LogP contribution in [-0.4, -0.2) is 27.4 Å². The van der Waals surface area contributed by atoms with E-state index >= 15 is 0 Å². The second-order valence-corrected chi connectivity index (χ2v) is 6.71. The molecule has 3 rings (SSSR count). The summed E-state index contributed by atoms with van der Waals surface area (Å²) in [6.07, 6.45) is 5.16. The molecule has 0 bridgehead atoms. The molecule has 0 fully saturated rings. The van der Waals surface area contributed by atoms with E-state index in [-0.39, 0.29) is 6.42 Å². The molecule has 27 heavy (non-hydrogen) atoms. The van der Waals surface area contributed by atoms with Crippen LogP contribution in [0, 0.1) is 5.41 Å². The van der Waals surface area contributed by atoms with E-state index in [4.69, 9.17) is 5.41 Å². The molecular formula is C19H16BrF2N5. The number of hydrogen-bond acceptors (Lipinski definition) is 4. The highest BCUT2D eigenvalue weighted by atomic mass is 79.9. The highest BCUT2D eigenvalue weighted by molar-refractivity contribution is 9.10. The van der Waals surface area contributed by atoms with E-state index in [1.807, 2.05) is 30.3 Å². The van der Waals surface area contributed by atoms with Crippen molar-refractivity contribution in [1.82, 2.24) is 15.0 Å². The number of aliphatic imine (C=N–C) groups is 1. The van der Waals surface area contributed by atoms with Gasteiger partial charge in [0.15, 0.2) is 0 Å². The van der Waals surface area contributed by atoms with Gasteiger partial charge in [0, 0.05) is 28.5 Å². The van der Waals surface area contributed by atoms with Crippen LogP contribution < -0.4 is 0 Å². The zero-order valence-electron chi connectivity index (χ0n) is 14.1. The second-order valence-electron chi connectivity index (χ2n) is 5.79. The highest BCUT2D eigenvalue weighted by Gasteiger charge is 2.15. The van der Waals surface area contributed by atoms with Crippen molar-refractivity contribution in [3.05, 3.63) is 70.7 Å². The molecule has 2 aromatic heterocycles. The van der Waals surface area contributed by atoms with Crippen molar-refractivity contribution in [3.8, 4) is 0 Å². The molecule has 3 aromatic rings. The monoisotopic (exact) mass is 431 g/mol. The van der Waals surface area contributed by atoms with Gasteiger partial charge in [0.2, 0.25) is 0 Å². The fraction of sp³-hybridized carbons (Fsp3) is 0.158. The SMILES string of the molecule is N=CC(C=NC(CC=C(F)F)c1cccc(Br)c1)c1ncnc2[nH]ccc12. The van der Waals surface area contributed by atoms with Crippen LogP contribution in [-0.2, 0) is 0 Å². The number of nitrogens with one attached hydrogen (secondary N) is 2. The van der Waals surface area contributed by atoms with Crippen LogP contribution in [0.2, 0.25) is 0 Å². The molecule has 0 aliphatic rings. The predicted octanol–water partition coefficient (Wildman–Crippen LogP) is 5.44. The van der Waals surface area contributed by atoms with E-state index in [1.54, 1.807) is 12.4 Å². The van der Waals surface area contributed by atoms with Crippen LogP contribution in [0.1, 0.15) is 29.6 Å². The summed E-state index contributed by atoms with van der Waals surface area (Å²) in [5, 5.41) is 8.55. The van der Waals surface area contributed by atoms with Crippen LogP contribution in [0.4, 0.5) is 8.78 Å². The lowest BCUT2D eigenvalue weighted by Gasteiger charge is -2.13. The Hall–Kier alpha value is -2.74. The number of H-pyrrole nitrogens is 1. The third kappa shape index (κ3) is 4.71. The number of aromatic nitrogens is 3. The minimum absolute atomic E-state index is 0.0589. The standard InChI is InChI=1S/C19H16BrF2N5/c20-14-3-1-2-12(8-14)16(4-5-17(21)22)25-10-13(9-23)18-15-6-7-24-19(15)27-11-26-18/h1-3,5-11,13,16,23H,4H2,(H,24,26,27). The predicted molar refractivity (Wildman–Crippen MR) is 106 cm³/mol. The fourth-order valence-electron chi connectivity index (χ4n) is 2.74. The van der Waals surface area contributed by atoms with E-state index in [0.717, 1.165) is 21.5 Å². The first kappa shape index (κ1) is 19.0. The van der Waals surface area contributed by atoms with Crippen molar-refractivity contribution in [2.24, 2.45) is 4.99 Å². The number of rotatable bonds is 7. The van der Waals surface area contributed by atoms with Crippen molar-refractivity contribution in [2.45, 2.75) is 18.4 Å². The molecule has 0 aliphatic carbocycles. The van der Waals surface area contributed by atoms with Crippen LogP contribution in [0.25, 0.3) is 11.0 Å². The van der Waals surface area contributed by atoms with Gasteiger partial charge in [-0.25, -0.2) is 9.97 Å². The van der Waals surface area contributed by atoms with Gasteiger partial charge in [-0.15, -0.1) is 0 Å². The Balaban J connectivity index is 1.93. The lowest BCUT2D eigenvalue weighted by Crippen LogP contribution is -2.07. The van der Waals surface area contributed by atoms with E-state index in [9.17, 15) is 8.78 Å². The summed E-state index contributed by atoms with van der Waals surface area (Å²) in [6, 6.07) is 8.72. The Morgan fingerprint density at radius 1 is 1.30 bits per heavy atom. The van der Waals surface area contributed by atoms with Gasteiger partial charge >= 0.3 is 0 Å². The van der Waals surface area contributed by atoms with Gasteiger partial charge in [0.1, 0.15) is 12.0 Å². The van der Waals surface area contributed by atoms with E-state index in [1.165, 1.54) is 12.5 Å². The minimum Gasteiger partial charge on any atom is -0.346 e. The molecular weight excluding hydrogens is 416 g/mol. The van der Waals surface area contributed by atoms with Crippen LogP contribution in [0.5, 0.6) is 0 Å². The normalized spacial score (nSPS) is 13.6. The Kier molecular flexibility index (Phi) is 6.18. The van der Waals surface area contributed by atoms with Crippen molar-refractivity contribution >= 4 is 39.4 Å². The lowest BCUT2D eigenvalue weighted by atomic mass is 10.0. The van der Waals surface area contributed by atoms with E-state index < -0.39 is 18.0 Å². The van der Waals surface area contributed by atoms with Crippen molar-refractivity contribution in [2.75, 3.05) is 0 Å². The van der Waals surface area contributed by atoms with Crippen molar-refractivity contribution in [1.29, 1.82) is 5.41 Å². The molecule has 2 heterocycles. The van der Waals surface area contributed by atoms with Crippen molar-refractivity contribution in [3.63, 3.8) is 0 Å². The molecule has 0 amide bonds. The van der Waals surface area contributed by atoms with Crippen molar-refractivity contribution < 1.29 is 8.78 Å². The molecule has 0 spiro atoms. The molecule has 2 unspecified atom stereocenters. The number of fused-ring (bicyclic) bond motifs is 1. The molecule has 5 nitrogen and oxygen atoms in total. The number of benzene rings is 1. The zero-order valence-corrected chi connectivity index (χ0v) is 15.7. The van der Waals surface area contributed by atoms with Gasteiger partial charge in [0.05, 0.1) is 17.7 Å². The summed E-state index contributed by atoms with van der Waals surface area (Å²) in [4.78, 5) is 15.9. The van der Waals surface area contributed by atoms with Gasteiger partial charge in [-0.3, -0.25) is 4.99 Å². The maximum Gasteiger partial charge on any atom is 0.266 e. The Morgan fingerprint density at radius 3 is 2.89 bits per heavy atom. The molecule has 2 atom stereocenters. The zero-order chi connectivity index (χ0) is 19.2. The summed E-state index contributed by atoms with van der Waals surface area (Å²) in [6.45, 7) is 0. The lowest BCUT2D eigenvalue weighted by molar-refractivity contribution is 0.415. The summed E-state index contributed by atoms with van der Waals surface area (Å²) in [5.41, 5.74) is 2.11. The molecule has 0 saturated carbocycles. The number of aromatic amines is 1. The largest absolute Gasteiger partial charge is 0.346 e. The van der Waals surface area contributed by atoms with Gasteiger partial charge in [-0.05, 0) is 36.3 Å². The Bertz CT molecular complexity index is 994. The molecule has 2 N–H and O–H groups in total. The third-order valence-corrected chi connectivity index (χ3v) is 4.53. The average molecular weight is 432 g/mol. The van der Waals surface area contributed by atoms with Crippen LogP contribution >= 0.6 is 15.9 Å². The third-order valence-electron chi connectivity index (χ3n) is 4.04. The first-order valence-corrected chi connectivity index (χ1v) is 8.96. The van der Waals surface area contributed by atoms with Crippen LogP contribution in [0.3, 0.4) is 0 Å². The summed E-state index contributed by atoms with van der Waals surface area (Å²) < 4.78 is 26.1. The maximum atomic E-state index is 12.6. The molecule has 0 radical (unpaired) electrons. The average Bonchev–Trinajstić information content (AvgIpc) is 3.13. The highest BCUT2D eigenvalue weighted by Crippen LogP contribution is 2.27. The number of hydrogen-bond donors (Lipinski definition) is 2. The molecule has 1 aromatic carbocycles. The molecule has 138 valence electrons. The van der Waals surface area contributed by atoms with E-state index in [0.29, 0.717) is 11.3 Å². The quantitative estimate of drug-likeness (QED) is 0.488. The smallest absolute Gasteiger partial charge is 0.266 e. The molecule has 0 saturated heterocycles. The Morgan fingerprint density at radius 2 is 2.15 bits per heavy atom. The summed E-state index contributed by atoms with van der Waals surface area (Å²) in [7, 11) is 0. The first-order chi connectivity index (χ1) is 13.1. The van der Waals surface area contributed by atoms with Gasteiger partial charge in [-0.1, -0.05) is 28.1 Å². The van der Waals surface area contributed by atoms with Gasteiger partial charge < -0.3 is 10.4 Å². The van der Waals surface area contributed by atoms with Crippen LogP contribution in [0.15, 0.2) is 64.5 Å². The maximum absolute atomic E-state index is 12.6. The minimum atomic E-state index is -1.74. The summed E-state index contributed by atoms with van der Waals surface area (Å²) >= 11 is 3.39. The summed E-state index contributed by atoms with van der Waals surface area (Å²) in [5.74, 6) is -0.486.